The van der Waals surface area contributed by atoms with Gasteiger partial charge in [0.2, 0.25) is 5.91 Å². The van der Waals surface area contributed by atoms with E-state index < -0.39 is 24.4 Å². The van der Waals surface area contributed by atoms with E-state index in [9.17, 15) is 14.4 Å². The van der Waals surface area contributed by atoms with Crippen molar-refractivity contribution in [2.75, 3.05) is 32.7 Å². The number of nitrogens with zero attached hydrogens (tertiary/aromatic N) is 1. The second-order valence-corrected chi connectivity index (χ2v) is 7.26. The monoisotopic (exact) mass is 426 g/mol. The lowest BCUT2D eigenvalue weighted by atomic mass is 10.1. The second-order valence-electron chi connectivity index (χ2n) is 7.26. The zero-order valence-corrected chi connectivity index (χ0v) is 17.8. The quantitative estimate of drug-likeness (QED) is 0.653. The topological polar surface area (TPSA) is 94.2 Å². The van der Waals surface area contributed by atoms with Crippen LogP contribution in [0.15, 0.2) is 48.5 Å². The van der Waals surface area contributed by atoms with Gasteiger partial charge in [0.15, 0.2) is 6.61 Å². The van der Waals surface area contributed by atoms with Crippen LogP contribution in [0.5, 0.6) is 11.5 Å². The average Bonchev–Trinajstić information content (AvgIpc) is 3.19. The van der Waals surface area contributed by atoms with Gasteiger partial charge in [-0.2, -0.15) is 0 Å². The van der Waals surface area contributed by atoms with Gasteiger partial charge in [-0.1, -0.05) is 30.3 Å². The number of anilines is 1. The minimum absolute atomic E-state index is 0.0708. The Kier molecular flexibility index (Phi) is 7.12. The highest BCUT2D eigenvalue weighted by molar-refractivity contribution is 5.95. The summed E-state index contributed by atoms with van der Waals surface area (Å²) in [6.45, 7) is 1.73. The molecule has 1 fully saturated rings. The van der Waals surface area contributed by atoms with Crippen molar-refractivity contribution in [3.05, 3.63) is 54.1 Å². The van der Waals surface area contributed by atoms with Crippen molar-refractivity contribution < 1.29 is 28.6 Å². The van der Waals surface area contributed by atoms with Crippen molar-refractivity contribution >= 4 is 23.5 Å². The number of methoxy groups -OCH3 is 2. The van der Waals surface area contributed by atoms with Crippen molar-refractivity contribution in [3.63, 3.8) is 0 Å². The average molecular weight is 426 g/mol. The highest BCUT2D eigenvalue weighted by atomic mass is 16.5. The summed E-state index contributed by atoms with van der Waals surface area (Å²) in [6.07, 6.45) is 0.0708. The summed E-state index contributed by atoms with van der Waals surface area (Å²) in [5.74, 6) is -0.790. The number of benzene rings is 2. The van der Waals surface area contributed by atoms with Crippen LogP contribution < -0.4 is 14.8 Å². The Morgan fingerprint density at radius 3 is 2.55 bits per heavy atom. The maximum Gasteiger partial charge on any atom is 0.311 e. The van der Waals surface area contributed by atoms with Crippen LogP contribution in [0, 0.1) is 5.92 Å². The maximum absolute atomic E-state index is 12.5. The van der Waals surface area contributed by atoms with Crippen LogP contribution in [0.3, 0.4) is 0 Å². The number of carbonyl (C=O) groups excluding carboxylic acids is 3. The summed E-state index contributed by atoms with van der Waals surface area (Å²) >= 11 is 0. The summed E-state index contributed by atoms with van der Waals surface area (Å²) in [6, 6.07) is 14.4. The van der Waals surface area contributed by atoms with Gasteiger partial charge in [0.1, 0.15) is 11.5 Å². The third-order valence-electron chi connectivity index (χ3n) is 5.27. The fourth-order valence-electron chi connectivity index (χ4n) is 3.53. The maximum atomic E-state index is 12.5. The highest BCUT2D eigenvalue weighted by Gasteiger charge is 2.38. The number of likely N-dealkylation sites (tertiary alicyclic amines) is 1. The number of nitrogens with one attached hydrogen (secondary N) is 1. The Balaban J connectivity index is 1.54. The van der Waals surface area contributed by atoms with Gasteiger partial charge < -0.3 is 24.4 Å². The third kappa shape index (κ3) is 5.33. The fourth-order valence-corrected chi connectivity index (χ4v) is 3.53. The third-order valence-corrected chi connectivity index (χ3v) is 5.27. The van der Waals surface area contributed by atoms with Gasteiger partial charge in [0, 0.05) is 19.0 Å². The molecule has 0 aromatic heterocycles. The van der Waals surface area contributed by atoms with E-state index in [0.717, 1.165) is 5.56 Å². The first kappa shape index (κ1) is 22.1. The Labute approximate surface area is 181 Å². The van der Waals surface area contributed by atoms with E-state index in [1.54, 1.807) is 23.1 Å². The molecule has 1 aliphatic rings. The first-order valence-electron chi connectivity index (χ1n) is 9.95. The summed E-state index contributed by atoms with van der Waals surface area (Å²) in [5, 5.41) is 2.64. The predicted molar refractivity (Wildman–Crippen MR) is 114 cm³/mol. The number of carbonyl (C=O) groups is 3. The molecule has 0 aliphatic carbocycles. The van der Waals surface area contributed by atoms with Gasteiger partial charge in [-0.25, -0.2) is 0 Å². The Hall–Kier alpha value is -3.55. The summed E-state index contributed by atoms with van der Waals surface area (Å²) in [4.78, 5) is 38.8. The van der Waals surface area contributed by atoms with E-state index in [-0.39, 0.29) is 24.9 Å². The molecule has 1 aliphatic heterocycles. The predicted octanol–water partition coefficient (Wildman–Crippen LogP) is 2.80. The van der Waals surface area contributed by atoms with Gasteiger partial charge in [-0.3, -0.25) is 14.4 Å². The highest BCUT2D eigenvalue weighted by Crippen LogP contribution is 2.30. The van der Waals surface area contributed by atoms with Crippen LogP contribution in [0.4, 0.5) is 5.69 Å². The minimum atomic E-state index is -0.599. The zero-order chi connectivity index (χ0) is 22.4. The number of ether oxygens (including phenoxy) is 3. The van der Waals surface area contributed by atoms with E-state index in [1.807, 2.05) is 37.3 Å². The van der Waals surface area contributed by atoms with Crippen molar-refractivity contribution in [2.45, 2.75) is 19.4 Å². The molecule has 2 aromatic rings. The van der Waals surface area contributed by atoms with Gasteiger partial charge in [0.05, 0.1) is 31.9 Å². The molecule has 2 atom stereocenters. The van der Waals surface area contributed by atoms with Crippen molar-refractivity contribution in [1.29, 1.82) is 0 Å². The number of amides is 2. The van der Waals surface area contributed by atoms with Gasteiger partial charge in [0.25, 0.3) is 5.91 Å². The van der Waals surface area contributed by atoms with Gasteiger partial charge >= 0.3 is 5.97 Å². The zero-order valence-electron chi connectivity index (χ0n) is 17.8. The molecule has 164 valence electrons. The van der Waals surface area contributed by atoms with Crippen LogP contribution in [0.25, 0.3) is 0 Å². The molecule has 0 radical (unpaired) electrons. The number of esters is 1. The van der Waals surface area contributed by atoms with E-state index in [2.05, 4.69) is 5.32 Å². The number of hydrogen-bond acceptors (Lipinski definition) is 6. The smallest absolute Gasteiger partial charge is 0.311 e. The standard InChI is InChI=1S/C23H26N2O6/c1-15(16-7-5-4-6-8-16)25-13-17(11-22(25)27)23(28)31-14-21(26)24-19-12-18(29-2)9-10-20(19)30-3/h4-10,12,15,17H,11,13-14H2,1-3H3,(H,24,26)/t15-,17-/m0/s1. The van der Waals surface area contributed by atoms with Gasteiger partial charge in [-0.15, -0.1) is 0 Å². The molecule has 0 spiro atoms. The first-order chi connectivity index (χ1) is 14.9. The van der Waals surface area contributed by atoms with Crippen molar-refractivity contribution in [2.24, 2.45) is 5.92 Å². The molecule has 1 N–H and O–H groups in total. The molecular formula is C23H26N2O6. The Morgan fingerprint density at radius 1 is 1.13 bits per heavy atom. The van der Waals surface area contributed by atoms with Crippen LogP contribution in [-0.2, 0) is 19.1 Å². The molecule has 2 aromatic carbocycles. The lowest BCUT2D eigenvalue weighted by Crippen LogP contribution is -2.30. The molecule has 2 amide bonds. The van der Waals surface area contributed by atoms with Crippen LogP contribution in [0.1, 0.15) is 24.9 Å². The molecule has 1 saturated heterocycles. The van der Waals surface area contributed by atoms with Crippen LogP contribution >= 0.6 is 0 Å². The van der Waals surface area contributed by atoms with Crippen LogP contribution in [-0.4, -0.2) is 50.1 Å². The van der Waals surface area contributed by atoms with E-state index in [4.69, 9.17) is 14.2 Å². The molecule has 31 heavy (non-hydrogen) atoms. The van der Waals surface area contributed by atoms with Gasteiger partial charge in [-0.05, 0) is 24.6 Å². The molecule has 3 rings (SSSR count). The van der Waals surface area contributed by atoms with E-state index in [1.165, 1.54) is 14.2 Å². The molecule has 0 bridgehead atoms. The lowest BCUT2D eigenvalue weighted by Gasteiger charge is -2.25. The normalized spacial score (nSPS) is 16.5. The molecule has 1 heterocycles. The van der Waals surface area contributed by atoms with E-state index in [0.29, 0.717) is 17.2 Å². The largest absolute Gasteiger partial charge is 0.497 e. The number of rotatable bonds is 8. The molecular weight excluding hydrogens is 400 g/mol. The lowest BCUT2D eigenvalue weighted by molar-refractivity contribution is -0.151. The fraction of sp³-hybridized carbons (Fsp3) is 0.348. The van der Waals surface area contributed by atoms with E-state index >= 15 is 0 Å². The van der Waals surface area contributed by atoms with Crippen molar-refractivity contribution in [1.82, 2.24) is 4.90 Å². The Bertz CT molecular complexity index is 946. The molecule has 8 nitrogen and oxygen atoms in total. The summed E-state index contributed by atoms with van der Waals surface area (Å²) < 4.78 is 15.5. The van der Waals surface area contributed by atoms with Crippen LogP contribution in [0.2, 0.25) is 0 Å². The second kappa shape index (κ2) is 9.97. The minimum Gasteiger partial charge on any atom is -0.497 e. The molecule has 0 saturated carbocycles. The molecule has 0 unspecified atom stereocenters. The number of hydrogen-bond donors (Lipinski definition) is 1. The molecule has 8 heteroatoms. The Morgan fingerprint density at radius 2 is 1.87 bits per heavy atom. The first-order valence-corrected chi connectivity index (χ1v) is 9.95. The SMILES string of the molecule is COc1ccc(OC)c(NC(=O)COC(=O)[C@H]2CC(=O)N([C@@H](C)c3ccccc3)C2)c1. The van der Waals surface area contributed by atoms with Crippen molar-refractivity contribution in [3.8, 4) is 11.5 Å². The summed E-state index contributed by atoms with van der Waals surface area (Å²) in [7, 11) is 3.00. The summed E-state index contributed by atoms with van der Waals surface area (Å²) in [5.41, 5.74) is 1.40.